The molecule has 1 heterocycles. The molecule has 0 N–H and O–H groups in total. The molecule has 0 amide bonds. The molecule has 0 spiro atoms. The van der Waals surface area contributed by atoms with E-state index >= 15 is 0 Å². The van der Waals surface area contributed by atoms with Crippen LogP contribution in [0.1, 0.15) is 30.9 Å². The Hall–Kier alpha value is -3.49. The maximum absolute atomic E-state index is 13.2. The Morgan fingerprint density at radius 3 is 2.34 bits per heavy atom. The normalized spacial score (nSPS) is 16.2. The number of carbonyl (C=O) groups excluding carboxylic acids is 1. The summed E-state index contributed by atoms with van der Waals surface area (Å²) in [6.07, 6.45) is 0. The minimum absolute atomic E-state index is 0.0612. The molecule has 2 aromatic rings. The third-order valence-electron chi connectivity index (χ3n) is 5.15. The molecule has 0 bridgehead atoms. The van der Waals surface area contributed by atoms with E-state index in [1.165, 1.54) is 18.2 Å². The number of esters is 1. The zero-order valence-corrected chi connectivity index (χ0v) is 19.1. The summed E-state index contributed by atoms with van der Waals surface area (Å²) in [4.78, 5) is 37.3. The number of ether oxygens (including phenoxy) is 1. The summed E-state index contributed by atoms with van der Waals surface area (Å²) in [5.41, 5.74) is 1.58. The third-order valence-corrected chi connectivity index (χ3v) is 5.69. The standard InChI is InChI=1S/C22H20N3O6Se/c1-3-31-22(26)19-18(16-10-7-11-17(12-16)24(27)28)20(25(29)30)14(2)23(13-32)21(19)15-8-5-4-6-9-15/h4-12,18H,3,13H2,1-2H3. The Labute approximate surface area is 192 Å². The van der Waals surface area contributed by atoms with Crippen LogP contribution < -0.4 is 0 Å². The van der Waals surface area contributed by atoms with E-state index in [2.05, 4.69) is 16.0 Å². The number of nitrogens with zero attached hydrogens (tertiary/aromatic N) is 3. The number of hydrogen-bond donors (Lipinski definition) is 0. The molecule has 165 valence electrons. The van der Waals surface area contributed by atoms with Crippen molar-refractivity contribution < 1.29 is 19.4 Å². The summed E-state index contributed by atoms with van der Waals surface area (Å²) in [6.45, 7) is 3.32. The Morgan fingerprint density at radius 1 is 1.09 bits per heavy atom. The number of rotatable bonds is 7. The van der Waals surface area contributed by atoms with Crippen molar-refractivity contribution in [3.63, 3.8) is 0 Å². The number of hydrogen-bond acceptors (Lipinski definition) is 7. The zero-order valence-electron chi connectivity index (χ0n) is 17.4. The first kappa shape index (κ1) is 23.2. The molecular formula is C22H20N3O6Se. The predicted octanol–water partition coefficient (Wildman–Crippen LogP) is 3.60. The molecule has 1 radical (unpaired) electrons. The van der Waals surface area contributed by atoms with E-state index in [-0.39, 0.29) is 34.6 Å². The first-order valence-electron chi connectivity index (χ1n) is 9.73. The molecule has 1 aliphatic rings. The molecule has 10 heteroatoms. The van der Waals surface area contributed by atoms with Crippen LogP contribution >= 0.6 is 0 Å². The molecule has 1 unspecified atom stereocenters. The number of carbonyl (C=O) groups is 1. The van der Waals surface area contributed by atoms with Gasteiger partial charge < -0.3 is 0 Å². The van der Waals surface area contributed by atoms with Gasteiger partial charge in [0.05, 0.1) is 0 Å². The van der Waals surface area contributed by atoms with E-state index in [1.807, 2.05) is 6.07 Å². The van der Waals surface area contributed by atoms with Crippen LogP contribution in [0.2, 0.25) is 0 Å². The SMILES string of the molecule is CCOC(=O)C1=C(c2ccccc2)N(C[Se])C(C)=C([N+](=O)[O-])C1c1cccc([N+](=O)[O-])c1. The first-order valence-corrected chi connectivity index (χ1v) is 10.9. The van der Waals surface area contributed by atoms with Gasteiger partial charge in [-0.1, -0.05) is 0 Å². The molecular weight excluding hydrogens is 481 g/mol. The molecule has 1 aliphatic heterocycles. The minimum atomic E-state index is -1.15. The molecule has 9 nitrogen and oxygen atoms in total. The second-order valence-corrected chi connectivity index (χ2v) is 7.46. The zero-order chi connectivity index (χ0) is 23.4. The van der Waals surface area contributed by atoms with Crippen LogP contribution in [0.5, 0.6) is 0 Å². The summed E-state index contributed by atoms with van der Waals surface area (Å²) in [6, 6.07) is 14.6. The number of nitro benzene ring substituents is 1. The van der Waals surface area contributed by atoms with Gasteiger partial charge in [0.25, 0.3) is 0 Å². The average molecular weight is 501 g/mol. The van der Waals surface area contributed by atoms with Gasteiger partial charge in [-0.05, 0) is 0 Å². The number of allylic oxidation sites excluding steroid dienone is 2. The van der Waals surface area contributed by atoms with Crippen LogP contribution in [-0.4, -0.2) is 48.8 Å². The topological polar surface area (TPSA) is 116 Å². The van der Waals surface area contributed by atoms with Gasteiger partial charge in [0.15, 0.2) is 0 Å². The van der Waals surface area contributed by atoms with Crippen LogP contribution in [-0.2, 0) is 9.53 Å². The van der Waals surface area contributed by atoms with Crippen LogP contribution in [0.15, 0.2) is 71.6 Å². The summed E-state index contributed by atoms with van der Waals surface area (Å²) >= 11 is 2.87. The van der Waals surface area contributed by atoms with Gasteiger partial charge in [-0.25, -0.2) is 0 Å². The number of non-ortho nitro benzene ring substituents is 1. The van der Waals surface area contributed by atoms with Crippen molar-refractivity contribution in [1.29, 1.82) is 0 Å². The quantitative estimate of drug-likeness (QED) is 0.246. The Kier molecular flexibility index (Phi) is 7.07. The van der Waals surface area contributed by atoms with Crippen LogP contribution in [0.3, 0.4) is 0 Å². The van der Waals surface area contributed by atoms with Crippen molar-refractivity contribution in [2.24, 2.45) is 0 Å². The fourth-order valence-corrected chi connectivity index (χ4v) is 4.48. The third kappa shape index (κ3) is 4.28. The van der Waals surface area contributed by atoms with Crippen LogP contribution in [0.25, 0.3) is 5.70 Å². The first-order chi connectivity index (χ1) is 15.3. The number of nitro groups is 2. The summed E-state index contributed by atoms with van der Waals surface area (Å²) in [5, 5.41) is 23.6. The van der Waals surface area contributed by atoms with Crippen molar-refractivity contribution >= 4 is 33.4 Å². The Bertz CT molecular complexity index is 1130. The molecule has 32 heavy (non-hydrogen) atoms. The molecule has 1 atom stereocenters. The molecule has 0 saturated carbocycles. The van der Waals surface area contributed by atoms with E-state index < -0.39 is 21.7 Å². The molecule has 3 rings (SSSR count). The number of benzene rings is 2. The molecule has 0 aromatic heterocycles. The van der Waals surface area contributed by atoms with Crippen molar-refractivity contribution in [3.8, 4) is 0 Å². The summed E-state index contributed by atoms with van der Waals surface area (Å²) in [5.74, 6) is -1.87. The van der Waals surface area contributed by atoms with E-state index in [4.69, 9.17) is 4.74 Å². The van der Waals surface area contributed by atoms with Gasteiger partial charge in [0, 0.05) is 0 Å². The van der Waals surface area contributed by atoms with Gasteiger partial charge in [0.1, 0.15) is 0 Å². The fraction of sp³-hybridized carbons (Fsp3) is 0.227. The van der Waals surface area contributed by atoms with Gasteiger partial charge in [-0.3, -0.25) is 0 Å². The monoisotopic (exact) mass is 502 g/mol. The Morgan fingerprint density at radius 2 is 1.78 bits per heavy atom. The van der Waals surface area contributed by atoms with Gasteiger partial charge in [-0.2, -0.15) is 0 Å². The van der Waals surface area contributed by atoms with Crippen molar-refractivity contribution in [2.75, 3.05) is 12.1 Å². The Balaban J connectivity index is 2.42. The second-order valence-electron chi connectivity index (χ2n) is 6.92. The van der Waals surface area contributed by atoms with Crippen molar-refractivity contribution in [3.05, 3.63) is 103 Å². The van der Waals surface area contributed by atoms with Crippen LogP contribution in [0, 0.1) is 20.2 Å². The average Bonchev–Trinajstić information content (AvgIpc) is 2.78. The predicted molar refractivity (Wildman–Crippen MR) is 118 cm³/mol. The van der Waals surface area contributed by atoms with E-state index in [1.54, 1.807) is 49.1 Å². The van der Waals surface area contributed by atoms with Crippen molar-refractivity contribution in [1.82, 2.24) is 4.90 Å². The van der Waals surface area contributed by atoms with Crippen molar-refractivity contribution in [2.45, 2.75) is 19.8 Å². The van der Waals surface area contributed by atoms with E-state index in [0.29, 0.717) is 17.0 Å². The van der Waals surface area contributed by atoms with E-state index in [9.17, 15) is 25.0 Å². The maximum atomic E-state index is 13.2. The van der Waals surface area contributed by atoms with E-state index in [0.717, 1.165) is 0 Å². The summed E-state index contributed by atoms with van der Waals surface area (Å²) < 4.78 is 5.31. The summed E-state index contributed by atoms with van der Waals surface area (Å²) in [7, 11) is 0. The fourth-order valence-electron chi connectivity index (χ4n) is 3.81. The molecule has 2 aromatic carbocycles. The molecule has 0 saturated heterocycles. The van der Waals surface area contributed by atoms with Gasteiger partial charge in [0.2, 0.25) is 0 Å². The molecule has 0 fully saturated rings. The molecule has 0 aliphatic carbocycles. The van der Waals surface area contributed by atoms with Gasteiger partial charge in [-0.15, -0.1) is 0 Å². The van der Waals surface area contributed by atoms with Crippen LogP contribution in [0.4, 0.5) is 5.69 Å². The second kappa shape index (κ2) is 9.76. The van der Waals surface area contributed by atoms with Gasteiger partial charge >= 0.3 is 192 Å².